The second-order valence-electron chi connectivity index (χ2n) is 5.11. The predicted molar refractivity (Wildman–Crippen MR) is 80.6 cm³/mol. The van der Waals surface area contributed by atoms with Gasteiger partial charge in [-0.3, -0.25) is 0 Å². The molecule has 1 aromatic carbocycles. The van der Waals surface area contributed by atoms with Crippen LogP contribution in [0.3, 0.4) is 0 Å². The Morgan fingerprint density at radius 3 is 2.83 bits per heavy atom. The van der Waals surface area contributed by atoms with Gasteiger partial charge in [0.1, 0.15) is 0 Å². The molecule has 0 spiro atoms. The van der Waals surface area contributed by atoms with E-state index in [9.17, 15) is 0 Å². The summed E-state index contributed by atoms with van der Waals surface area (Å²) in [5, 5.41) is 0.921. The number of anilines is 1. The van der Waals surface area contributed by atoms with Gasteiger partial charge in [-0.2, -0.15) is 0 Å². The lowest BCUT2D eigenvalue weighted by Gasteiger charge is -2.40. The number of rotatable bonds is 3. The minimum atomic E-state index is 0.322. The van der Waals surface area contributed by atoms with Crippen LogP contribution in [0.4, 0.5) is 5.69 Å². The van der Waals surface area contributed by atoms with Gasteiger partial charge in [-0.05, 0) is 37.5 Å². The van der Waals surface area contributed by atoms with Crippen molar-refractivity contribution in [1.82, 2.24) is 0 Å². The maximum absolute atomic E-state index is 5.77. The highest BCUT2D eigenvalue weighted by atomic mass is 79.9. The number of benzene rings is 1. The summed E-state index contributed by atoms with van der Waals surface area (Å²) < 4.78 is 5.77. The van der Waals surface area contributed by atoms with Gasteiger partial charge in [0.15, 0.2) is 0 Å². The Labute approximate surface area is 118 Å². The minimum absolute atomic E-state index is 0.322. The van der Waals surface area contributed by atoms with Crippen LogP contribution in [0, 0.1) is 6.92 Å². The first kappa shape index (κ1) is 13.9. The highest BCUT2D eigenvalue weighted by molar-refractivity contribution is 9.08. The van der Waals surface area contributed by atoms with Gasteiger partial charge in [0, 0.05) is 17.6 Å². The Balaban J connectivity index is 2.27. The third-order valence-electron chi connectivity index (χ3n) is 3.66. The Hall–Kier alpha value is -0.540. The summed E-state index contributed by atoms with van der Waals surface area (Å²) in [6, 6.07) is 7.25. The second kappa shape index (κ2) is 6.07. The quantitative estimate of drug-likeness (QED) is 0.785. The van der Waals surface area contributed by atoms with Crippen molar-refractivity contribution in [3.63, 3.8) is 0 Å². The first-order valence-corrected chi connectivity index (χ1v) is 7.81. The van der Waals surface area contributed by atoms with Gasteiger partial charge in [-0.15, -0.1) is 0 Å². The molecule has 2 rings (SSSR count). The van der Waals surface area contributed by atoms with Crippen LogP contribution in [-0.4, -0.2) is 25.3 Å². The molecule has 2 nitrogen and oxygen atoms in total. The lowest BCUT2D eigenvalue weighted by Crippen LogP contribution is -2.49. The lowest BCUT2D eigenvalue weighted by atomic mass is 10.0. The zero-order chi connectivity index (χ0) is 13.1. The van der Waals surface area contributed by atoms with Crippen LogP contribution in [0.2, 0.25) is 0 Å². The van der Waals surface area contributed by atoms with Crippen molar-refractivity contribution in [2.45, 2.75) is 44.7 Å². The third kappa shape index (κ3) is 2.89. The van der Waals surface area contributed by atoms with Gasteiger partial charge in [0.2, 0.25) is 0 Å². The number of morpholine rings is 1. The van der Waals surface area contributed by atoms with Crippen LogP contribution >= 0.6 is 15.9 Å². The van der Waals surface area contributed by atoms with E-state index >= 15 is 0 Å². The summed E-state index contributed by atoms with van der Waals surface area (Å²) in [5.74, 6) is 0. The number of alkyl halides is 1. The number of nitrogens with zero attached hydrogens (tertiary/aromatic N) is 1. The molecule has 1 saturated heterocycles. The maximum atomic E-state index is 5.77. The van der Waals surface area contributed by atoms with Crippen molar-refractivity contribution < 1.29 is 4.74 Å². The summed E-state index contributed by atoms with van der Waals surface area (Å²) in [6.07, 6.45) is 1.45. The summed E-state index contributed by atoms with van der Waals surface area (Å²) in [7, 11) is 0. The molecule has 1 aliphatic rings. The monoisotopic (exact) mass is 311 g/mol. The number of aryl methyl sites for hydroxylation is 1. The maximum Gasteiger partial charge on any atom is 0.0723 e. The molecule has 0 radical (unpaired) electrons. The fourth-order valence-corrected chi connectivity index (χ4v) is 2.95. The molecule has 2 atom stereocenters. The molecule has 1 aromatic rings. The van der Waals surface area contributed by atoms with Crippen LogP contribution in [0.1, 0.15) is 31.4 Å². The summed E-state index contributed by atoms with van der Waals surface area (Å²) in [5.41, 5.74) is 4.06. The largest absolute Gasteiger partial charge is 0.375 e. The molecular weight excluding hydrogens is 290 g/mol. The van der Waals surface area contributed by atoms with Crippen LogP contribution in [0.15, 0.2) is 18.2 Å². The van der Waals surface area contributed by atoms with Crippen molar-refractivity contribution in [3.8, 4) is 0 Å². The van der Waals surface area contributed by atoms with E-state index in [1.54, 1.807) is 0 Å². The first-order chi connectivity index (χ1) is 8.65. The Morgan fingerprint density at radius 2 is 2.22 bits per heavy atom. The highest BCUT2D eigenvalue weighted by Gasteiger charge is 2.26. The topological polar surface area (TPSA) is 12.5 Å². The van der Waals surface area contributed by atoms with Crippen LogP contribution in [-0.2, 0) is 10.1 Å². The van der Waals surface area contributed by atoms with Gasteiger partial charge >= 0.3 is 0 Å². The SMILES string of the molecule is CCC1COC(C)CN1c1ccc(CBr)cc1C. The van der Waals surface area contributed by atoms with E-state index in [4.69, 9.17) is 4.74 Å². The van der Waals surface area contributed by atoms with Gasteiger partial charge in [0.05, 0.1) is 18.8 Å². The van der Waals surface area contributed by atoms with Gasteiger partial charge < -0.3 is 9.64 Å². The van der Waals surface area contributed by atoms with E-state index in [-0.39, 0.29) is 0 Å². The molecular formula is C15H22BrNO. The first-order valence-electron chi connectivity index (χ1n) is 6.69. The predicted octanol–water partition coefficient (Wildman–Crippen LogP) is 3.89. The van der Waals surface area contributed by atoms with Crippen molar-refractivity contribution in [3.05, 3.63) is 29.3 Å². The molecule has 0 amide bonds. The fraction of sp³-hybridized carbons (Fsp3) is 0.600. The zero-order valence-electron chi connectivity index (χ0n) is 11.4. The molecule has 1 aliphatic heterocycles. The van der Waals surface area contributed by atoms with E-state index in [2.05, 4.69) is 59.8 Å². The van der Waals surface area contributed by atoms with Crippen molar-refractivity contribution >= 4 is 21.6 Å². The molecule has 0 aliphatic carbocycles. The third-order valence-corrected chi connectivity index (χ3v) is 4.31. The van der Waals surface area contributed by atoms with E-state index in [1.165, 1.54) is 16.8 Å². The molecule has 1 fully saturated rings. The zero-order valence-corrected chi connectivity index (χ0v) is 13.0. The highest BCUT2D eigenvalue weighted by Crippen LogP contribution is 2.28. The van der Waals surface area contributed by atoms with Gasteiger partial charge in [0.25, 0.3) is 0 Å². The van der Waals surface area contributed by atoms with Gasteiger partial charge in [-0.1, -0.05) is 35.0 Å². The Morgan fingerprint density at radius 1 is 1.44 bits per heavy atom. The summed E-state index contributed by atoms with van der Waals surface area (Å²) in [6.45, 7) is 8.43. The van der Waals surface area contributed by atoms with Crippen LogP contribution < -0.4 is 4.90 Å². The van der Waals surface area contributed by atoms with Gasteiger partial charge in [-0.25, -0.2) is 0 Å². The normalized spacial score (nSPS) is 24.3. The average Bonchev–Trinajstić information content (AvgIpc) is 2.38. The molecule has 0 aromatic heterocycles. The summed E-state index contributed by atoms with van der Waals surface area (Å²) in [4.78, 5) is 2.52. The molecule has 100 valence electrons. The lowest BCUT2D eigenvalue weighted by molar-refractivity contribution is 0.0299. The molecule has 18 heavy (non-hydrogen) atoms. The number of ether oxygens (including phenoxy) is 1. The average molecular weight is 312 g/mol. The fourth-order valence-electron chi connectivity index (χ4n) is 2.60. The Kier molecular flexibility index (Phi) is 4.68. The van der Waals surface area contributed by atoms with Crippen LogP contribution in [0.25, 0.3) is 0 Å². The van der Waals surface area contributed by atoms with E-state index in [0.717, 1.165) is 24.9 Å². The van der Waals surface area contributed by atoms with Crippen molar-refractivity contribution in [1.29, 1.82) is 0 Å². The van der Waals surface area contributed by atoms with E-state index < -0.39 is 0 Å². The molecule has 0 N–H and O–H groups in total. The number of hydrogen-bond acceptors (Lipinski definition) is 2. The molecule has 0 bridgehead atoms. The van der Waals surface area contributed by atoms with Crippen molar-refractivity contribution in [2.24, 2.45) is 0 Å². The molecule has 1 heterocycles. The smallest absolute Gasteiger partial charge is 0.0723 e. The second-order valence-corrected chi connectivity index (χ2v) is 5.67. The van der Waals surface area contributed by atoms with E-state index in [0.29, 0.717) is 12.1 Å². The standard InChI is InChI=1S/C15H22BrNO/c1-4-14-10-18-12(3)9-17(14)15-6-5-13(8-16)7-11(15)2/h5-7,12,14H,4,8-10H2,1-3H3. The molecule has 0 saturated carbocycles. The van der Waals surface area contributed by atoms with E-state index in [1.807, 2.05) is 0 Å². The number of hydrogen-bond donors (Lipinski definition) is 0. The summed E-state index contributed by atoms with van der Waals surface area (Å²) >= 11 is 3.51. The Bertz CT molecular complexity index is 407. The van der Waals surface area contributed by atoms with Crippen molar-refractivity contribution in [2.75, 3.05) is 18.1 Å². The minimum Gasteiger partial charge on any atom is -0.375 e. The molecule has 3 heteroatoms. The van der Waals surface area contributed by atoms with Crippen LogP contribution in [0.5, 0.6) is 0 Å². The number of halogens is 1. The molecule has 2 unspecified atom stereocenters.